The number of aliphatic carboxylic acids is 1. The first-order chi connectivity index (χ1) is 16.4. The van der Waals surface area contributed by atoms with Gasteiger partial charge in [-0.15, -0.1) is 0 Å². The lowest BCUT2D eigenvalue weighted by Crippen LogP contribution is -2.34. The number of pyridine rings is 1. The van der Waals surface area contributed by atoms with Gasteiger partial charge in [-0.1, -0.05) is 42.0 Å². The Morgan fingerprint density at radius 1 is 1.17 bits per heavy atom. The molecule has 3 rings (SSSR count). The zero-order chi connectivity index (χ0) is 25.9. The smallest absolute Gasteiger partial charge is 0.339 e. The van der Waals surface area contributed by atoms with Crippen LogP contribution < -0.4 is 10.9 Å². The van der Waals surface area contributed by atoms with Crippen LogP contribution in [0, 0.1) is 18.2 Å². The number of carboxylic acid groups (broad SMARTS) is 1. The SMILES string of the molecule is Cc1ccc(-c2c(C=N)c(NCc3ccc(F)cc3)c(=O)n(C)c2C(OC(C)(C)C)C(=O)O)cc1. The van der Waals surface area contributed by atoms with Crippen LogP contribution in [0.25, 0.3) is 11.1 Å². The number of benzene rings is 2. The van der Waals surface area contributed by atoms with E-state index in [-0.39, 0.29) is 29.3 Å². The molecule has 2 aromatic carbocycles. The summed E-state index contributed by atoms with van der Waals surface area (Å²) in [6.07, 6.45) is -0.405. The van der Waals surface area contributed by atoms with Crippen LogP contribution in [0.2, 0.25) is 0 Å². The normalized spacial score (nSPS) is 12.3. The van der Waals surface area contributed by atoms with Gasteiger partial charge < -0.3 is 25.1 Å². The molecule has 35 heavy (non-hydrogen) atoms. The average molecular weight is 480 g/mol. The summed E-state index contributed by atoms with van der Waals surface area (Å²) < 4.78 is 20.5. The number of aryl methyl sites for hydroxylation is 1. The highest BCUT2D eigenvalue weighted by molar-refractivity contribution is 5.97. The molecule has 1 heterocycles. The van der Waals surface area contributed by atoms with Gasteiger partial charge in [-0.2, -0.15) is 0 Å². The molecule has 7 nitrogen and oxygen atoms in total. The minimum absolute atomic E-state index is 0.144. The number of hydrogen-bond donors (Lipinski definition) is 3. The highest BCUT2D eigenvalue weighted by Crippen LogP contribution is 2.36. The van der Waals surface area contributed by atoms with Crippen molar-refractivity contribution in [1.82, 2.24) is 4.57 Å². The number of halogens is 1. The molecule has 0 aliphatic rings. The molecule has 0 fully saturated rings. The van der Waals surface area contributed by atoms with Crippen LogP contribution in [-0.4, -0.2) is 27.5 Å². The van der Waals surface area contributed by atoms with E-state index >= 15 is 0 Å². The summed E-state index contributed by atoms with van der Waals surface area (Å²) >= 11 is 0. The zero-order valence-corrected chi connectivity index (χ0v) is 20.5. The third-order valence-electron chi connectivity index (χ3n) is 5.49. The van der Waals surface area contributed by atoms with Gasteiger partial charge in [-0.05, 0) is 51.0 Å². The van der Waals surface area contributed by atoms with E-state index < -0.39 is 23.2 Å². The first-order valence-corrected chi connectivity index (χ1v) is 11.2. The minimum atomic E-state index is -1.45. The molecule has 0 spiro atoms. The predicted molar refractivity (Wildman–Crippen MR) is 135 cm³/mol. The summed E-state index contributed by atoms with van der Waals surface area (Å²) in [5.41, 5.74) is 2.04. The quantitative estimate of drug-likeness (QED) is 0.392. The zero-order valence-electron chi connectivity index (χ0n) is 20.5. The van der Waals surface area contributed by atoms with Crippen molar-refractivity contribution in [2.75, 3.05) is 5.32 Å². The van der Waals surface area contributed by atoms with E-state index in [2.05, 4.69) is 5.32 Å². The lowest BCUT2D eigenvalue weighted by molar-refractivity contribution is -0.161. The number of carboxylic acids is 1. The summed E-state index contributed by atoms with van der Waals surface area (Å²) in [5, 5.41) is 21.3. The molecule has 8 heteroatoms. The highest BCUT2D eigenvalue weighted by atomic mass is 19.1. The Labute approximate surface area is 203 Å². The van der Waals surface area contributed by atoms with E-state index in [1.54, 1.807) is 32.9 Å². The van der Waals surface area contributed by atoms with Gasteiger partial charge in [0.05, 0.1) is 11.3 Å². The van der Waals surface area contributed by atoms with Gasteiger partial charge in [0.15, 0.2) is 6.10 Å². The Kier molecular flexibility index (Phi) is 7.55. The molecular weight excluding hydrogens is 449 g/mol. The van der Waals surface area contributed by atoms with Gasteiger partial charge in [-0.25, -0.2) is 9.18 Å². The molecule has 1 aromatic heterocycles. The topological polar surface area (TPSA) is 104 Å². The largest absolute Gasteiger partial charge is 0.479 e. The molecule has 0 aliphatic heterocycles. The van der Waals surface area contributed by atoms with Crippen LogP contribution >= 0.6 is 0 Å². The summed E-state index contributed by atoms with van der Waals surface area (Å²) in [5.74, 6) is -1.61. The van der Waals surface area contributed by atoms with E-state index in [0.717, 1.165) is 17.3 Å². The monoisotopic (exact) mass is 479 g/mol. The number of aromatic nitrogens is 1. The fourth-order valence-electron chi connectivity index (χ4n) is 3.84. The van der Waals surface area contributed by atoms with Crippen LogP contribution in [0.15, 0.2) is 53.3 Å². The number of anilines is 1. The molecule has 3 N–H and O–H groups in total. The Morgan fingerprint density at radius 3 is 2.29 bits per heavy atom. The van der Waals surface area contributed by atoms with Gasteiger partial charge in [0.1, 0.15) is 11.5 Å². The Bertz CT molecular complexity index is 1290. The van der Waals surface area contributed by atoms with E-state index in [0.29, 0.717) is 11.1 Å². The number of carbonyl (C=O) groups is 1. The van der Waals surface area contributed by atoms with Crippen LogP contribution in [0.1, 0.15) is 49.3 Å². The number of nitrogens with one attached hydrogen (secondary N) is 2. The van der Waals surface area contributed by atoms with Gasteiger partial charge in [-0.3, -0.25) is 4.79 Å². The first kappa shape index (κ1) is 25.8. The first-order valence-electron chi connectivity index (χ1n) is 11.2. The van der Waals surface area contributed by atoms with Crippen LogP contribution in [0.4, 0.5) is 10.1 Å². The molecular formula is C27H30FN3O4. The lowest BCUT2D eigenvalue weighted by Gasteiger charge is -2.29. The van der Waals surface area contributed by atoms with Gasteiger partial charge in [0, 0.05) is 30.9 Å². The van der Waals surface area contributed by atoms with Crippen LogP contribution in [0.5, 0.6) is 0 Å². The standard InChI is InChI=1S/C27H30FN3O4/c1-16-6-10-18(11-7-16)21-20(14-29)22(30-15-17-8-12-19(28)13-9-17)25(32)31(5)23(21)24(26(33)34)35-27(2,3)4/h6-14,24,29-30H,15H2,1-5H3,(H,33,34). The second kappa shape index (κ2) is 10.2. The summed E-state index contributed by atoms with van der Waals surface area (Å²) in [6, 6.07) is 13.3. The van der Waals surface area contributed by atoms with Crippen molar-refractivity contribution >= 4 is 17.9 Å². The van der Waals surface area contributed by atoms with E-state index in [9.17, 15) is 19.1 Å². The van der Waals surface area contributed by atoms with Crippen molar-refractivity contribution in [3.8, 4) is 11.1 Å². The maximum atomic E-state index is 13.5. The summed E-state index contributed by atoms with van der Waals surface area (Å²) in [6.45, 7) is 7.36. The molecule has 0 saturated carbocycles. The molecule has 0 radical (unpaired) electrons. The van der Waals surface area contributed by atoms with Gasteiger partial charge >= 0.3 is 5.97 Å². The summed E-state index contributed by atoms with van der Waals surface area (Å²) in [7, 11) is 1.49. The van der Waals surface area contributed by atoms with Crippen molar-refractivity contribution in [3.63, 3.8) is 0 Å². The summed E-state index contributed by atoms with van der Waals surface area (Å²) in [4.78, 5) is 25.8. The van der Waals surface area contributed by atoms with Crippen LogP contribution in [-0.2, 0) is 23.1 Å². The number of ether oxygens (including phenoxy) is 1. The van der Waals surface area contributed by atoms with Gasteiger partial charge in [0.25, 0.3) is 5.56 Å². The second-order valence-corrected chi connectivity index (χ2v) is 9.35. The third-order valence-corrected chi connectivity index (χ3v) is 5.49. The Balaban J connectivity index is 2.28. The highest BCUT2D eigenvalue weighted by Gasteiger charge is 2.34. The Hall–Kier alpha value is -3.78. The fraction of sp³-hybridized carbons (Fsp3) is 0.296. The van der Waals surface area contributed by atoms with E-state index in [4.69, 9.17) is 10.1 Å². The molecule has 1 atom stereocenters. The molecule has 0 saturated heterocycles. The van der Waals surface area contributed by atoms with Crippen molar-refractivity contribution in [2.45, 2.75) is 45.9 Å². The number of nitrogens with zero attached hydrogens (tertiary/aromatic N) is 1. The van der Waals surface area contributed by atoms with Crippen molar-refractivity contribution < 1.29 is 19.0 Å². The predicted octanol–water partition coefficient (Wildman–Crippen LogP) is 5.05. The maximum absolute atomic E-state index is 13.5. The van der Waals surface area contributed by atoms with Crippen molar-refractivity contribution in [2.24, 2.45) is 7.05 Å². The maximum Gasteiger partial charge on any atom is 0.339 e. The van der Waals surface area contributed by atoms with Crippen molar-refractivity contribution in [1.29, 1.82) is 5.41 Å². The van der Waals surface area contributed by atoms with E-state index in [1.807, 2.05) is 31.2 Å². The second-order valence-electron chi connectivity index (χ2n) is 9.35. The van der Waals surface area contributed by atoms with Crippen LogP contribution in [0.3, 0.4) is 0 Å². The molecule has 0 amide bonds. The number of rotatable bonds is 8. The number of hydrogen-bond acceptors (Lipinski definition) is 5. The molecule has 0 bridgehead atoms. The van der Waals surface area contributed by atoms with Crippen molar-refractivity contribution in [3.05, 3.63) is 87.1 Å². The van der Waals surface area contributed by atoms with Gasteiger partial charge in [0.2, 0.25) is 0 Å². The van der Waals surface area contributed by atoms with E-state index in [1.165, 1.54) is 23.7 Å². The minimum Gasteiger partial charge on any atom is -0.479 e. The molecule has 3 aromatic rings. The Morgan fingerprint density at radius 2 is 1.77 bits per heavy atom. The molecule has 184 valence electrons. The third kappa shape index (κ3) is 5.84. The molecule has 0 aliphatic carbocycles. The lowest BCUT2D eigenvalue weighted by atomic mass is 9.93. The fourth-order valence-corrected chi connectivity index (χ4v) is 3.84. The average Bonchev–Trinajstić information content (AvgIpc) is 2.79. The molecule has 1 unspecified atom stereocenters.